The fourth-order valence-corrected chi connectivity index (χ4v) is 2.99. The number of benzene rings is 2. The predicted octanol–water partition coefficient (Wildman–Crippen LogP) is -2.64. The van der Waals surface area contributed by atoms with E-state index in [2.05, 4.69) is 41.0 Å². The quantitative estimate of drug-likeness (QED) is 0.551. The van der Waals surface area contributed by atoms with Crippen LogP contribution in [0.4, 0.5) is 0 Å². The average Bonchev–Trinajstić information content (AvgIpc) is 2.62. The van der Waals surface area contributed by atoms with Gasteiger partial charge in [0.05, 0.1) is 0 Å². The molecule has 0 aliphatic carbocycles. The summed E-state index contributed by atoms with van der Waals surface area (Å²) in [6.07, 6.45) is 2.57. The lowest BCUT2D eigenvalue weighted by atomic mass is 9.98. The summed E-state index contributed by atoms with van der Waals surface area (Å²) in [5.41, 5.74) is 2.48. The van der Waals surface area contributed by atoms with E-state index in [1.54, 1.807) is 0 Å². The lowest BCUT2D eigenvalue weighted by Gasteiger charge is -2.22. The molecular formula is C20H26Cl2N2O-2. The van der Waals surface area contributed by atoms with Gasteiger partial charge in [0.1, 0.15) is 12.4 Å². The van der Waals surface area contributed by atoms with Crippen molar-refractivity contribution in [3.8, 4) is 5.75 Å². The highest BCUT2D eigenvalue weighted by Gasteiger charge is 2.11. The Morgan fingerprint density at radius 2 is 1.64 bits per heavy atom. The number of ether oxygens (including phenoxy) is 1. The SMILES string of the molecule is [Cl-].[Cl-].c1ccc(COc2cccc(CNCC3CCNCC3)c2)cc1. The molecule has 0 aromatic heterocycles. The van der Waals surface area contributed by atoms with Gasteiger partial charge in [0.25, 0.3) is 0 Å². The van der Waals surface area contributed by atoms with E-state index in [1.165, 1.54) is 24.0 Å². The molecule has 2 aromatic carbocycles. The Morgan fingerprint density at radius 3 is 2.40 bits per heavy atom. The topological polar surface area (TPSA) is 33.3 Å². The number of hydrogen-bond acceptors (Lipinski definition) is 3. The molecule has 2 N–H and O–H groups in total. The third-order valence-electron chi connectivity index (χ3n) is 4.37. The van der Waals surface area contributed by atoms with Crippen molar-refractivity contribution in [1.29, 1.82) is 0 Å². The first-order chi connectivity index (χ1) is 11.4. The average molecular weight is 381 g/mol. The summed E-state index contributed by atoms with van der Waals surface area (Å²) in [6, 6.07) is 18.7. The van der Waals surface area contributed by atoms with Gasteiger partial charge in [0.2, 0.25) is 0 Å². The second-order valence-corrected chi connectivity index (χ2v) is 6.25. The molecule has 0 unspecified atom stereocenters. The number of piperidine rings is 1. The first-order valence-electron chi connectivity index (χ1n) is 8.57. The Bertz CT molecular complexity index is 589. The Labute approximate surface area is 163 Å². The van der Waals surface area contributed by atoms with Crippen LogP contribution in [0.2, 0.25) is 0 Å². The maximum atomic E-state index is 5.89. The van der Waals surface area contributed by atoms with Crippen molar-refractivity contribution in [2.75, 3.05) is 19.6 Å². The third-order valence-corrected chi connectivity index (χ3v) is 4.37. The monoisotopic (exact) mass is 380 g/mol. The molecule has 1 saturated heterocycles. The Morgan fingerprint density at radius 1 is 0.920 bits per heavy atom. The molecule has 0 atom stereocenters. The zero-order valence-electron chi connectivity index (χ0n) is 14.4. The van der Waals surface area contributed by atoms with Gasteiger partial charge in [0.15, 0.2) is 0 Å². The van der Waals surface area contributed by atoms with E-state index in [4.69, 9.17) is 4.74 Å². The van der Waals surface area contributed by atoms with E-state index in [-0.39, 0.29) is 24.8 Å². The molecule has 1 fully saturated rings. The molecule has 138 valence electrons. The van der Waals surface area contributed by atoms with E-state index < -0.39 is 0 Å². The van der Waals surface area contributed by atoms with Gasteiger partial charge in [-0.25, -0.2) is 0 Å². The van der Waals surface area contributed by atoms with E-state index in [1.807, 2.05) is 24.3 Å². The predicted molar refractivity (Wildman–Crippen MR) is 94.5 cm³/mol. The van der Waals surface area contributed by atoms with Crippen molar-refractivity contribution in [3.63, 3.8) is 0 Å². The van der Waals surface area contributed by atoms with Gasteiger partial charge >= 0.3 is 0 Å². The first kappa shape index (κ1) is 21.8. The molecule has 3 rings (SSSR count). The zero-order chi connectivity index (χ0) is 15.7. The highest BCUT2D eigenvalue weighted by Crippen LogP contribution is 2.16. The summed E-state index contributed by atoms with van der Waals surface area (Å²) in [5, 5.41) is 7.00. The second kappa shape index (κ2) is 12.2. The molecule has 3 nitrogen and oxygen atoms in total. The number of nitrogens with one attached hydrogen (secondary N) is 2. The van der Waals surface area contributed by atoms with E-state index in [9.17, 15) is 0 Å². The molecule has 0 radical (unpaired) electrons. The normalized spacial score (nSPS) is 14.2. The molecule has 1 heterocycles. The van der Waals surface area contributed by atoms with Crippen LogP contribution >= 0.6 is 0 Å². The summed E-state index contributed by atoms with van der Waals surface area (Å²) in [6.45, 7) is 4.96. The van der Waals surface area contributed by atoms with Crippen molar-refractivity contribution in [2.45, 2.75) is 26.0 Å². The molecular weight excluding hydrogens is 355 g/mol. The summed E-state index contributed by atoms with van der Waals surface area (Å²) < 4.78 is 5.89. The van der Waals surface area contributed by atoms with Gasteiger partial charge < -0.3 is 40.2 Å². The summed E-state index contributed by atoms with van der Waals surface area (Å²) >= 11 is 0. The van der Waals surface area contributed by atoms with Gasteiger partial charge in [-0.05, 0) is 61.7 Å². The number of hydrogen-bond donors (Lipinski definition) is 2. The van der Waals surface area contributed by atoms with Crippen molar-refractivity contribution in [2.24, 2.45) is 5.92 Å². The molecule has 2 aromatic rings. The van der Waals surface area contributed by atoms with Gasteiger partial charge in [-0.1, -0.05) is 42.5 Å². The van der Waals surface area contributed by atoms with Gasteiger partial charge in [-0.2, -0.15) is 0 Å². The van der Waals surface area contributed by atoms with Gasteiger partial charge in [0, 0.05) is 6.54 Å². The lowest BCUT2D eigenvalue weighted by molar-refractivity contribution is -0.00100. The van der Waals surface area contributed by atoms with Crippen LogP contribution in [0.5, 0.6) is 5.75 Å². The van der Waals surface area contributed by atoms with E-state index in [0.29, 0.717) is 6.61 Å². The molecule has 0 bridgehead atoms. The van der Waals surface area contributed by atoms with Crippen LogP contribution in [-0.4, -0.2) is 19.6 Å². The minimum absolute atomic E-state index is 0. The molecule has 1 aliphatic heterocycles. The minimum atomic E-state index is 0. The summed E-state index contributed by atoms with van der Waals surface area (Å²) in [7, 11) is 0. The van der Waals surface area contributed by atoms with Crippen molar-refractivity contribution in [1.82, 2.24) is 10.6 Å². The smallest absolute Gasteiger partial charge is 0.120 e. The van der Waals surface area contributed by atoms with Crippen molar-refractivity contribution < 1.29 is 29.6 Å². The van der Waals surface area contributed by atoms with Crippen LogP contribution in [0.1, 0.15) is 24.0 Å². The largest absolute Gasteiger partial charge is 1.00 e. The minimum Gasteiger partial charge on any atom is -1.00 e. The molecule has 0 amide bonds. The molecule has 1 aliphatic rings. The Balaban J connectivity index is 0.00000156. The van der Waals surface area contributed by atoms with E-state index >= 15 is 0 Å². The molecule has 0 saturated carbocycles. The summed E-state index contributed by atoms with van der Waals surface area (Å²) in [5.74, 6) is 1.75. The maximum Gasteiger partial charge on any atom is 0.120 e. The Hall–Kier alpha value is -1.26. The summed E-state index contributed by atoms with van der Waals surface area (Å²) in [4.78, 5) is 0. The first-order valence-corrected chi connectivity index (χ1v) is 8.57. The molecule has 0 spiro atoms. The number of halogens is 2. The Kier molecular flexibility index (Phi) is 10.6. The fourth-order valence-electron chi connectivity index (χ4n) is 2.99. The highest BCUT2D eigenvalue weighted by molar-refractivity contribution is 5.29. The van der Waals surface area contributed by atoms with Crippen LogP contribution in [0.3, 0.4) is 0 Å². The van der Waals surface area contributed by atoms with Crippen LogP contribution < -0.4 is 40.2 Å². The van der Waals surface area contributed by atoms with Crippen molar-refractivity contribution in [3.05, 3.63) is 65.7 Å². The molecule has 5 heteroatoms. The van der Waals surface area contributed by atoms with Crippen LogP contribution in [0.15, 0.2) is 54.6 Å². The number of rotatable bonds is 7. The molecule has 25 heavy (non-hydrogen) atoms. The zero-order valence-corrected chi connectivity index (χ0v) is 15.9. The van der Waals surface area contributed by atoms with E-state index in [0.717, 1.165) is 37.8 Å². The van der Waals surface area contributed by atoms with Crippen LogP contribution in [-0.2, 0) is 13.2 Å². The fraction of sp³-hybridized carbons (Fsp3) is 0.400. The second-order valence-electron chi connectivity index (χ2n) is 6.25. The highest BCUT2D eigenvalue weighted by atomic mass is 35.5. The van der Waals surface area contributed by atoms with Gasteiger partial charge in [-0.3, -0.25) is 0 Å². The van der Waals surface area contributed by atoms with Gasteiger partial charge in [-0.15, -0.1) is 0 Å². The van der Waals surface area contributed by atoms with Crippen LogP contribution in [0.25, 0.3) is 0 Å². The van der Waals surface area contributed by atoms with Crippen LogP contribution in [0, 0.1) is 5.92 Å². The van der Waals surface area contributed by atoms with Crippen molar-refractivity contribution >= 4 is 0 Å². The third kappa shape index (κ3) is 7.66. The maximum absolute atomic E-state index is 5.89. The standard InChI is InChI=1S/C20H26N2O.2ClH/c1-2-5-18(6-3-1)16-23-20-8-4-7-19(13-20)15-22-14-17-9-11-21-12-10-17;;/h1-8,13,17,21-22H,9-12,14-16H2;2*1H/p-2. The lowest BCUT2D eigenvalue weighted by Crippen LogP contribution is -3.00.